The normalized spacial score (nSPS) is 24.1. The molecule has 16 heavy (non-hydrogen) atoms. The van der Waals surface area contributed by atoms with Gasteiger partial charge in [-0.2, -0.15) is 0 Å². The van der Waals surface area contributed by atoms with Gasteiger partial charge in [-0.1, -0.05) is 25.7 Å². The Morgan fingerprint density at radius 1 is 1.25 bits per heavy atom. The van der Waals surface area contributed by atoms with E-state index in [0.29, 0.717) is 0 Å². The van der Waals surface area contributed by atoms with Crippen molar-refractivity contribution >= 4 is 5.91 Å². The lowest BCUT2D eigenvalue weighted by Gasteiger charge is -2.36. The second-order valence-electron chi connectivity index (χ2n) is 5.56. The first-order valence-corrected chi connectivity index (χ1v) is 6.78. The van der Waals surface area contributed by atoms with Crippen molar-refractivity contribution in [2.75, 3.05) is 6.54 Å². The van der Waals surface area contributed by atoms with E-state index in [9.17, 15) is 4.79 Å². The van der Waals surface area contributed by atoms with Crippen LogP contribution in [0, 0.1) is 5.92 Å². The molecule has 0 aromatic carbocycles. The Morgan fingerprint density at radius 3 is 2.50 bits per heavy atom. The summed E-state index contributed by atoms with van der Waals surface area (Å²) in [6, 6.07) is 0. The van der Waals surface area contributed by atoms with Crippen LogP contribution in [-0.2, 0) is 4.79 Å². The van der Waals surface area contributed by atoms with Crippen LogP contribution in [0.3, 0.4) is 0 Å². The molecule has 2 fully saturated rings. The molecule has 0 radical (unpaired) electrons. The van der Waals surface area contributed by atoms with Gasteiger partial charge in [0, 0.05) is 6.54 Å². The maximum Gasteiger partial charge on any atom is 0.240 e. The molecule has 0 heterocycles. The lowest BCUT2D eigenvalue weighted by molar-refractivity contribution is -0.129. The first kappa shape index (κ1) is 11.9. The zero-order chi connectivity index (χ0) is 11.4. The highest BCUT2D eigenvalue weighted by molar-refractivity contribution is 5.86. The van der Waals surface area contributed by atoms with E-state index in [1.807, 2.05) is 0 Å². The van der Waals surface area contributed by atoms with Crippen LogP contribution in [0.2, 0.25) is 0 Å². The topological polar surface area (TPSA) is 55.1 Å². The molecule has 2 aliphatic rings. The Hall–Kier alpha value is -0.570. The predicted molar refractivity (Wildman–Crippen MR) is 65.0 cm³/mol. The van der Waals surface area contributed by atoms with Crippen molar-refractivity contribution in [1.82, 2.24) is 5.32 Å². The molecule has 0 bridgehead atoms. The first-order valence-electron chi connectivity index (χ1n) is 6.78. The zero-order valence-corrected chi connectivity index (χ0v) is 10.1. The van der Waals surface area contributed by atoms with Crippen LogP contribution in [-0.4, -0.2) is 18.0 Å². The summed E-state index contributed by atoms with van der Waals surface area (Å²) in [6.45, 7) is 0.814. The fourth-order valence-electron chi connectivity index (χ4n) is 2.85. The minimum Gasteiger partial charge on any atom is -0.355 e. The molecule has 2 saturated carbocycles. The minimum atomic E-state index is -0.520. The monoisotopic (exact) mass is 224 g/mol. The van der Waals surface area contributed by atoms with E-state index in [1.165, 1.54) is 32.1 Å². The number of amides is 1. The molecule has 0 spiro atoms. The highest BCUT2D eigenvalue weighted by Gasteiger charge is 2.39. The van der Waals surface area contributed by atoms with Gasteiger partial charge in [-0.25, -0.2) is 0 Å². The van der Waals surface area contributed by atoms with Crippen molar-refractivity contribution in [3.8, 4) is 0 Å². The third-order valence-electron chi connectivity index (χ3n) is 4.25. The van der Waals surface area contributed by atoms with Crippen molar-refractivity contribution in [2.45, 2.75) is 63.3 Å². The predicted octanol–water partition coefficient (Wildman–Crippen LogP) is 1.95. The van der Waals surface area contributed by atoms with Gasteiger partial charge in [-0.3, -0.25) is 4.79 Å². The van der Waals surface area contributed by atoms with Gasteiger partial charge in [0.2, 0.25) is 5.91 Å². The van der Waals surface area contributed by atoms with Crippen molar-refractivity contribution in [1.29, 1.82) is 0 Å². The summed E-state index contributed by atoms with van der Waals surface area (Å²) in [6.07, 6.45) is 10.8. The highest BCUT2D eigenvalue weighted by atomic mass is 16.2. The molecule has 0 aromatic heterocycles. The zero-order valence-electron chi connectivity index (χ0n) is 10.1. The quantitative estimate of drug-likeness (QED) is 0.701. The summed E-state index contributed by atoms with van der Waals surface area (Å²) in [5, 5.41) is 2.99. The van der Waals surface area contributed by atoms with Crippen LogP contribution in [0.4, 0.5) is 0 Å². The Morgan fingerprint density at radius 2 is 1.94 bits per heavy atom. The number of hydrogen-bond acceptors (Lipinski definition) is 2. The highest BCUT2D eigenvalue weighted by Crippen LogP contribution is 2.29. The van der Waals surface area contributed by atoms with Crippen LogP contribution in [0.15, 0.2) is 0 Å². The van der Waals surface area contributed by atoms with E-state index in [1.54, 1.807) is 0 Å². The van der Waals surface area contributed by atoms with E-state index in [4.69, 9.17) is 5.73 Å². The van der Waals surface area contributed by atoms with Crippen molar-refractivity contribution in [3.63, 3.8) is 0 Å². The van der Waals surface area contributed by atoms with E-state index in [0.717, 1.165) is 38.1 Å². The molecular formula is C13H24N2O. The Bertz CT molecular complexity index is 242. The minimum absolute atomic E-state index is 0.0742. The molecule has 3 N–H and O–H groups in total. The van der Waals surface area contributed by atoms with E-state index in [-0.39, 0.29) is 5.91 Å². The van der Waals surface area contributed by atoms with Crippen molar-refractivity contribution in [2.24, 2.45) is 11.7 Å². The maximum absolute atomic E-state index is 11.7. The molecule has 92 valence electrons. The first-order chi connectivity index (χ1) is 7.71. The van der Waals surface area contributed by atoms with Gasteiger partial charge in [-0.05, 0) is 38.0 Å². The lowest BCUT2D eigenvalue weighted by atomic mass is 9.77. The Labute approximate surface area is 98.2 Å². The molecule has 2 rings (SSSR count). The van der Waals surface area contributed by atoms with Crippen LogP contribution in [0.1, 0.15) is 57.8 Å². The summed E-state index contributed by atoms with van der Waals surface area (Å²) >= 11 is 0. The summed E-state index contributed by atoms with van der Waals surface area (Å²) in [5.74, 6) is 0.998. The van der Waals surface area contributed by atoms with Crippen LogP contribution in [0.25, 0.3) is 0 Å². The molecular weight excluding hydrogens is 200 g/mol. The van der Waals surface area contributed by atoms with Gasteiger partial charge in [0.25, 0.3) is 0 Å². The van der Waals surface area contributed by atoms with Gasteiger partial charge in [0.15, 0.2) is 0 Å². The Kier molecular flexibility index (Phi) is 3.85. The van der Waals surface area contributed by atoms with E-state index in [2.05, 4.69) is 5.32 Å². The third kappa shape index (κ3) is 2.76. The molecule has 0 unspecified atom stereocenters. The molecule has 0 aliphatic heterocycles. The maximum atomic E-state index is 11.7. The second-order valence-corrected chi connectivity index (χ2v) is 5.56. The molecule has 0 saturated heterocycles. The number of rotatable bonds is 5. The van der Waals surface area contributed by atoms with Gasteiger partial charge in [-0.15, -0.1) is 0 Å². The van der Waals surface area contributed by atoms with Gasteiger partial charge in [0.1, 0.15) is 0 Å². The molecule has 0 aromatic rings. The average molecular weight is 224 g/mol. The third-order valence-corrected chi connectivity index (χ3v) is 4.25. The smallest absolute Gasteiger partial charge is 0.240 e. The number of nitrogens with two attached hydrogens (primary N) is 1. The molecule has 0 atom stereocenters. The van der Waals surface area contributed by atoms with Gasteiger partial charge >= 0.3 is 0 Å². The van der Waals surface area contributed by atoms with Crippen molar-refractivity contribution < 1.29 is 4.79 Å². The number of carbonyl (C=O) groups is 1. The van der Waals surface area contributed by atoms with Crippen molar-refractivity contribution in [3.05, 3.63) is 0 Å². The lowest BCUT2D eigenvalue weighted by Crippen LogP contribution is -2.58. The summed E-state index contributed by atoms with van der Waals surface area (Å²) in [4.78, 5) is 11.7. The van der Waals surface area contributed by atoms with Crippen LogP contribution < -0.4 is 11.1 Å². The number of carbonyl (C=O) groups excluding carboxylic acids is 1. The fourth-order valence-corrected chi connectivity index (χ4v) is 2.85. The summed E-state index contributed by atoms with van der Waals surface area (Å²) in [5.41, 5.74) is 5.42. The van der Waals surface area contributed by atoms with Gasteiger partial charge in [0.05, 0.1) is 5.54 Å². The largest absolute Gasteiger partial charge is 0.355 e. The molecule has 3 heteroatoms. The standard InChI is InChI=1S/C13H24N2O/c14-13(8-4-9-13)12(16)15-10-3-7-11-5-1-2-6-11/h11H,1-10,14H2,(H,15,16). The number of hydrogen-bond donors (Lipinski definition) is 2. The van der Waals surface area contributed by atoms with Gasteiger partial charge < -0.3 is 11.1 Å². The molecule has 3 nitrogen and oxygen atoms in total. The average Bonchev–Trinajstić information content (AvgIpc) is 2.73. The van der Waals surface area contributed by atoms with E-state index < -0.39 is 5.54 Å². The van der Waals surface area contributed by atoms with Crippen LogP contribution in [0.5, 0.6) is 0 Å². The summed E-state index contributed by atoms with van der Waals surface area (Å²) < 4.78 is 0. The fraction of sp³-hybridized carbons (Fsp3) is 0.923. The SMILES string of the molecule is NC1(C(=O)NCCCC2CCCC2)CCC1. The summed E-state index contributed by atoms with van der Waals surface area (Å²) in [7, 11) is 0. The Balaban J connectivity index is 1.55. The second kappa shape index (κ2) is 5.17. The van der Waals surface area contributed by atoms with Crippen LogP contribution >= 0.6 is 0 Å². The molecule has 2 aliphatic carbocycles. The number of nitrogens with one attached hydrogen (secondary N) is 1. The van der Waals surface area contributed by atoms with E-state index >= 15 is 0 Å². The molecule has 1 amide bonds.